The van der Waals surface area contributed by atoms with Gasteiger partial charge in [-0.1, -0.05) is 13.0 Å². The van der Waals surface area contributed by atoms with Crippen molar-refractivity contribution >= 4 is 22.7 Å². The molecule has 33 heavy (non-hydrogen) atoms. The predicted molar refractivity (Wildman–Crippen MR) is 121 cm³/mol. The van der Waals surface area contributed by atoms with Gasteiger partial charge in [-0.2, -0.15) is 5.11 Å². The average Bonchev–Trinajstić information content (AvgIpc) is 3.11. The lowest BCUT2D eigenvalue weighted by atomic mass is 9.55. The van der Waals surface area contributed by atoms with Crippen LogP contribution >= 0.6 is 0 Å². The first-order valence-corrected chi connectivity index (χ1v) is 11.4. The molecule has 9 nitrogen and oxygen atoms in total. The minimum Gasteiger partial charge on any atom is -0.393 e. The summed E-state index contributed by atoms with van der Waals surface area (Å²) < 4.78 is 0. The third kappa shape index (κ3) is 3.60. The van der Waals surface area contributed by atoms with Crippen LogP contribution in [-0.4, -0.2) is 21.1 Å². The molecule has 0 aromatic heterocycles. The molecule has 2 fully saturated rings. The zero-order valence-corrected chi connectivity index (χ0v) is 18.4. The highest BCUT2D eigenvalue weighted by Crippen LogP contribution is 2.60. The van der Waals surface area contributed by atoms with Gasteiger partial charge in [-0.15, -0.1) is 5.11 Å². The van der Waals surface area contributed by atoms with E-state index in [9.17, 15) is 25.3 Å². The standard InChI is InChI=1S/C24H26N4O5/c1-24-11-10-18-17-6-3-15(12-14(17)2-5-19(18)20(24)7-9-23(24)29)25-26-21-8-4-16(27(30)31)13-22(21)28(32)33/h3-4,6,8,12-13,18-20,23,29H,2,5,7,9-11H2,1H3/t18-,19-,20+,23?,24+/m1/s1. The summed E-state index contributed by atoms with van der Waals surface area (Å²) in [7, 11) is 0. The number of non-ortho nitro benzene ring substituents is 1. The van der Waals surface area contributed by atoms with Crippen molar-refractivity contribution in [3.8, 4) is 0 Å². The van der Waals surface area contributed by atoms with Crippen LogP contribution in [0, 0.1) is 37.5 Å². The van der Waals surface area contributed by atoms with Crippen LogP contribution in [0.4, 0.5) is 22.7 Å². The molecule has 0 bridgehead atoms. The number of hydrogen-bond acceptors (Lipinski definition) is 7. The van der Waals surface area contributed by atoms with Crippen LogP contribution in [-0.2, 0) is 6.42 Å². The zero-order chi connectivity index (χ0) is 23.3. The summed E-state index contributed by atoms with van der Waals surface area (Å²) in [5.74, 6) is 1.67. The summed E-state index contributed by atoms with van der Waals surface area (Å²) >= 11 is 0. The molecule has 2 saturated carbocycles. The highest BCUT2D eigenvalue weighted by molar-refractivity contribution is 5.61. The van der Waals surface area contributed by atoms with E-state index in [1.165, 1.54) is 23.3 Å². The molecule has 9 heteroatoms. The molecule has 0 amide bonds. The minimum absolute atomic E-state index is 0.0188. The van der Waals surface area contributed by atoms with Crippen molar-refractivity contribution < 1.29 is 15.0 Å². The van der Waals surface area contributed by atoms with E-state index in [0.29, 0.717) is 23.4 Å². The normalized spacial score (nSPS) is 30.5. The van der Waals surface area contributed by atoms with Gasteiger partial charge in [-0.05, 0) is 91.0 Å². The summed E-state index contributed by atoms with van der Waals surface area (Å²) in [5, 5.41) is 41.0. The number of nitro benzene ring substituents is 2. The Hall–Kier alpha value is -3.20. The number of aliphatic hydroxyl groups excluding tert-OH is 1. The largest absolute Gasteiger partial charge is 0.393 e. The molecule has 3 aliphatic rings. The first-order chi connectivity index (χ1) is 15.8. The Morgan fingerprint density at radius 2 is 1.82 bits per heavy atom. The molecule has 1 unspecified atom stereocenters. The second kappa shape index (κ2) is 7.98. The van der Waals surface area contributed by atoms with Crippen molar-refractivity contribution in [3.63, 3.8) is 0 Å². The summed E-state index contributed by atoms with van der Waals surface area (Å²) in [4.78, 5) is 20.9. The van der Waals surface area contributed by atoms with Crippen molar-refractivity contribution in [3.05, 3.63) is 67.8 Å². The third-order valence-electron chi connectivity index (χ3n) is 8.30. The van der Waals surface area contributed by atoms with E-state index in [0.717, 1.165) is 44.6 Å². The maximum atomic E-state index is 11.3. The van der Waals surface area contributed by atoms with Crippen LogP contribution in [0.2, 0.25) is 0 Å². The van der Waals surface area contributed by atoms with Gasteiger partial charge in [0.2, 0.25) is 0 Å². The number of aryl methyl sites for hydroxylation is 1. The average molecular weight is 450 g/mol. The Morgan fingerprint density at radius 1 is 1.00 bits per heavy atom. The Morgan fingerprint density at radius 3 is 2.58 bits per heavy atom. The number of nitro groups is 2. The molecule has 1 N–H and O–H groups in total. The van der Waals surface area contributed by atoms with Gasteiger partial charge in [0, 0.05) is 6.07 Å². The molecule has 5 rings (SSSR count). The van der Waals surface area contributed by atoms with Gasteiger partial charge in [0.1, 0.15) is 0 Å². The Kier molecular flexibility index (Phi) is 5.23. The van der Waals surface area contributed by atoms with E-state index in [1.54, 1.807) is 0 Å². The van der Waals surface area contributed by atoms with Crippen LogP contribution in [0.25, 0.3) is 0 Å². The molecule has 0 heterocycles. The van der Waals surface area contributed by atoms with Gasteiger partial charge >= 0.3 is 5.69 Å². The second-order valence-corrected chi connectivity index (χ2v) is 9.82. The third-order valence-corrected chi connectivity index (χ3v) is 8.30. The van der Waals surface area contributed by atoms with E-state index >= 15 is 0 Å². The first-order valence-electron chi connectivity index (χ1n) is 11.4. The fraction of sp³-hybridized carbons (Fsp3) is 0.500. The Balaban J connectivity index is 1.39. The lowest BCUT2D eigenvalue weighted by Gasteiger charge is -2.50. The van der Waals surface area contributed by atoms with Gasteiger partial charge < -0.3 is 5.11 Å². The van der Waals surface area contributed by atoms with Crippen molar-refractivity contribution in [2.75, 3.05) is 0 Å². The van der Waals surface area contributed by atoms with E-state index < -0.39 is 15.5 Å². The van der Waals surface area contributed by atoms with Crippen molar-refractivity contribution in [2.24, 2.45) is 27.5 Å². The monoisotopic (exact) mass is 450 g/mol. The molecule has 0 aliphatic heterocycles. The van der Waals surface area contributed by atoms with Crippen molar-refractivity contribution in [2.45, 2.75) is 57.5 Å². The van der Waals surface area contributed by atoms with Crippen molar-refractivity contribution in [1.82, 2.24) is 0 Å². The molecule has 0 radical (unpaired) electrons. The van der Waals surface area contributed by atoms with Gasteiger partial charge in [0.25, 0.3) is 5.69 Å². The summed E-state index contributed by atoms with van der Waals surface area (Å²) in [6.45, 7) is 2.27. The number of azo groups is 1. The molecule has 172 valence electrons. The van der Waals surface area contributed by atoms with Gasteiger partial charge in [-0.25, -0.2) is 0 Å². The number of nitrogens with zero attached hydrogens (tertiary/aromatic N) is 4. The summed E-state index contributed by atoms with van der Waals surface area (Å²) in [6, 6.07) is 9.34. The van der Waals surface area contributed by atoms with Crippen LogP contribution in [0.3, 0.4) is 0 Å². The lowest BCUT2D eigenvalue weighted by molar-refractivity contribution is -0.393. The fourth-order valence-corrected chi connectivity index (χ4v) is 6.57. The van der Waals surface area contributed by atoms with E-state index in [-0.39, 0.29) is 22.9 Å². The van der Waals surface area contributed by atoms with Crippen molar-refractivity contribution in [1.29, 1.82) is 0 Å². The smallest absolute Gasteiger partial charge is 0.303 e. The highest BCUT2D eigenvalue weighted by atomic mass is 16.6. The molecular weight excluding hydrogens is 424 g/mol. The van der Waals surface area contributed by atoms with Gasteiger partial charge in [-0.3, -0.25) is 20.2 Å². The molecule has 5 atom stereocenters. The summed E-state index contributed by atoms with van der Waals surface area (Å²) in [5.41, 5.74) is 2.43. The fourth-order valence-electron chi connectivity index (χ4n) is 6.57. The topological polar surface area (TPSA) is 131 Å². The number of hydrogen-bond donors (Lipinski definition) is 1. The number of fused-ring (bicyclic) bond motifs is 5. The number of benzene rings is 2. The molecule has 0 saturated heterocycles. The SMILES string of the molecule is C[C@]12CC[C@@H]3c4ccc(N=Nc5ccc([N+](=O)[O-])cc5[N+](=O)[O-])cc4CC[C@H]3[C@@H]1CCC2O. The first kappa shape index (κ1) is 21.6. The number of rotatable bonds is 4. The van der Waals surface area contributed by atoms with Crippen LogP contribution < -0.4 is 0 Å². The Labute approximate surface area is 190 Å². The molecule has 0 spiro atoms. The zero-order valence-electron chi connectivity index (χ0n) is 18.4. The van der Waals surface area contributed by atoms with Crippen LogP contribution in [0.15, 0.2) is 46.6 Å². The summed E-state index contributed by atoms with van der Waals surface area (Å²) in [6.07, 6.45) is 6.00. The molecular formula is C24H26N4O5. The highest BCUT2D eigenvalue weighted by Gasteiger charge is 2.54. The number of aliphatic hydroxyl groups is 1. The predicted octanol–water partition coefficient (Wildman–Crippen LogP) is 6.14. The molecule has 2 aromatic carbocycles. The molecule has 2 aromatic rings. The molecule has 3 aliphatic carbocycles. The maximum Gasteiger partial charge on any atom is 0.303 e. The van der Waals surface area contributed by atoms with E-state index in [2.05, 4.69) is 23.2 Å². The van der Waals surface area contributed by atoms with E-state index in [1.807, 2.05) is 12.1 Å². The minimum atomic E-state index is -0.689. The lowest BCUT2D eigenvalue weighted by Crippen LogP contribution is -2.43. The van der Waals surface area contributed by atoms with Gasteiger partial charge in [0.05, 0.1) is 27.7 Å². The van der Waals surface area contributed by atoms with Crippen LogP contribution in [0.1, 0.15) is 56.1 Å². The van der Waals surface area contributed by atoms with E-state index in [4.69, 9.17) is 0 Å². The Bertz CT molecular complexity index is 1170. The second-order valence-electron chi connectivity index (χ2n) is 9.82. The maximum absolute atomic E-state index is 11.3. The quantitative estimate of drug-likeness (QED) is 0.340. The van der Waals surface area contributed by atoms with Gasteiger partial charge in [0.15, 0.2) is 5.69 Å². The van der Waals surface area contributed by atoms with Crippen LogP contribution in [0.5, 0.6) is 0 Å².